The molecule has 0 radical (unpaired) electrons. The van der Waals surface area contributed by atoms with Crippen molar-refractivity contribution in [1.29, 1.82) is 0 Å². The zero-order valence-electron chi connectivity index (χ0n) is 6.72. The first kappa shape index (κ1) is 7.86. The summed E-state index contributed by atoms with van der Waals surface area (Å²) in [5.74, 6) is 1.69. The van der Waals surface area contributed by atoms with Gasteiger partial charge in [-0.15, -0.1) is 11.8 Å². The van der Waals surface area contributed by atoms with E-state index in [4.69, 9.17) is 0 Å². The second-order valence-corrected chi connectivity index (χ2v) is 3.80. The number of aliphatic imine (C=N–C) groups is 1. The fourth-order valence-corrected chi connectivity index (χ4v) is 1.83. The predicted octanol–water partition coefficient (Wildman–Crippen LogP) is 2.69. The number of hydrogen-bond donors (Lipinski definition) is 0. The van der Waals surface area contributed by atoms with Crippen molar-refractivity contribution >= 4 is 16.8 Å². The Balaban J connectivity index is 2.69. The summed E-state index contributed by atoms with van der Waals surface area (Å²) in [6, 6.07) is 0. The Morgan fingerprint density at radius 2 is 2.30 bits per heavy atom. The average molecular weight is 155 g/mol. The van der Waals surface area contributed by atoms with Crippen LogP contribution in [0, 0.1) is 5.92 Å². The van der Waals surface area contributed by atoms with Crippen LogP contribution in [-0.4, -0.2) is 10.8 Å². The summed E-state index contributed by atoms with van der Waals surface area (Å²) in [4.78, 5) is 4.42. The maximum Gasteiger partial charge on any atom is 0.0762 e. The van der Waals surface area contributed by atoms with Crippen molar-refractivity contribution in [3.8, 4) is 0 Å². The molecule has 1 nitrogen and oxygen atoms in total. The second kappa shape index (κ2) is 3.24. The van der Waals surface area contributed by atoms with Crippen molar-refractivity contribution in [3.05, 3.63) is 11.8 Å². The first-order valence-corrected chi connectivity index (χ1v) is 4.57. The Hall–Kier alpha value is -0.240. The minimum atomic E-state index is 0.591. The third-order valence-corrected chi connectivity index (χ3v) is 2.58. The van der Waals surface area contributed by atoms with Crippen LogP contribution in [0.2, 0.25) is 0 Å². The van der Waals surface area contributed by atoms with Gasteiger partial charge >= 0.3 is 0 Å². The fourth-order valence-electron chi connectivity index (χ4n) is 0.795. The van der Waals surface area contributed by atoms with Gasteiger partial charge in [-0.1, -0.05) is 19.9 Å². The van der Waals surface area contributed by atoms with Crippen molar-refractivity contribution in [2.45, 2.75) is 20.8 Å². The molecule has 56 valence electrons. The Bertz CT molecular complexity index is 180. The van der Waals surface area contributed by atoms with Crippen molar-refractivity contribution in [3.63, 3.8) is 0 Å². The molecule has 1 heterocycles. The Morgan fingerprint density at radius 1 is 1.60 bits per heavy atom. The van der Waals surface area contributed by atoms with Gasteiger partial charge in [-0.2, -0.15) is 0 Å². The number of rotatable bonds is 1. The molecule has 0 saturated heterocycles. The second-order valence-electron chi connectivity index (χ2n) is 2.76. The SMILES string of the molecule is CC1=CCSC(C(C)C)=N1. The van der Waals surface area contributed by atoms with E-state index in [0.29, 0.717) is 5.92 Å². The largest absolute Gasteiger partial charge is 0.251 e. The molecule has 0 bridgehead atoms. The van der Waals surface area contributed by atoms with Gasteiger partial charge in [0.2, 0.25) is 0 Å². The monoisotopic (exact) mass is 155 g/mol. The van der Waals surface area contributed by atoms with E-state index in [0.717, 1.165) is 5.75 Å². The van der Waals surface area contributed by atoms with Crippen molar-refractivity contribution in [2.24, 2.45) is 10.9 Å². The molecule has 0 atom stereocenters. The fraction of sp³-hybridized carbons (Fsp3) is 0.625. The molecule has 0 spiro atoms. The van der Waals surface area contributed by atoms with E-state index < -0.39 is 0 Å². The predicted molar refractivity (Wildman–Crippen MR) is 48.5 cm³/mol. The summed E-state index contributed by atoms with van der Waals surface area (Å²) in [5.41, 5.74) is 1.17. The molecule has 0 fully saturated rings. The van der Waals surface area contributed by atoms with Crippen LogP contribution in [0.5, 0.6) is 0 Å². The summed E-state index contributed by atoms with van der Waals surface area (Å²) in [6.07, 6.45) is 2.16. The molecule has 0 amide bonds. The van der Waals surface area contributed by atoms with Crippen molar-refractivity contribution in [1.82, 2.24) is 0 Å². The molecule has 1 rings (SSSR count). The lowest BCUT2D eigenvalue weighted by atomic mass is 10.2. The van der Waals surface area contributed by atoms with Crippen LogP contribution in [0.3, 0.4) is 0 Å². The molecule has 0 saturated carbocycles. The molecule has 10 heavy (non-hydrogen) atoms. The highest BCUT2D eigenvalue weighted by Gasteiger charge is 2.08. The van der Waals surface area contributed by atoms with E-state index in [9.17, 15) is 0 Å². The third kappa shape index (κ3) is 1.87. The maximum absolute atomic E-state index is 4.42. The summed E-state index contributed by atoms with van der Waals surface area (Å²) in [7, 11) is 0. The van der Waals surface area contributed by atoms with E-state index in [1.807, 2.05) is 11.8 Å². The van der Waals surface area contributed by atoms with Gasteiger partial charge in [0.25, 0.3) is 0 Å². The minimum Gasteiger partial charge on any atom is -0.251 e. The van der Waals surface area contributed by atoms with Gasteiger partial charge in [0.1, 0.15) is 0 Å². The van der Waals surface area contributed by atoms with Crippen LogP contribution in [0.25, 0.3) is 0 Å². The first-order valence-electron chi connectivity index (χ1n) is 3.58. The highest BCUT2D eigenvalue weighted by Crippen LogP contribution is 2.19. The van der Waals surface area contributed by atoms with E-state index in [-0.39, 0.29) is 0 Å². The summed E-state index contributed by atoms with van der Waals surface area (Å²) in [5, 5.41) is 1.28. The smallest absolute Gasteiger partial charge is 0.0762 e. The Morgan fingerprint density at radius 3 is 2.70 bits per heavy atom. The third-order valence-electron chi connectivity index (χ3n) is 1.39. The molecule has 0 aromatic heterocycles. The molecule has 0 aromatic rings. The van der Waals surface area contributed by atoms with Gasteiger partial charge in [0, 0.05) is 17.4 Å². The Kier molecular flexibility index (Phi) is 2.55. The maximum atomic E-state index is 4.42. The van der Waals surface area contributed by atoms with Crippen LogP contribution < -0.4 is 0 Å². The zero-order chi connectivity index (χ0) is 7.56. The highest BCUT2D eigenvalue weighted by molar-refractivity contribution is 8.14. The molecule has 1 aliphatic heterocycles. The number of allylic oxidation sites excluding steroid dienone is 1. The summed E-state index contributed by atoms with van der Waals surface area (Å²) in [6.45, 7) is 6.43. The van der Waals surface area contributed by atoms with Gasteiger partial charge in [-0.25, -0.2) is 0 Å². The number of nitrogens with zero attached hydrogens (tertiary/aromatic N) is 1. The van der Waals surface area contributed by atoms with Gasteiger partial charge in [0.15, 0.2) is 0 Å². The number of hydrogen-bond acceptors (Lipinski definition) is 2. The molecule has 0 unspecified atom stereocenters. The normalized spacial score (nSPS) is 18.8. The van der Waals surface area contributed by atoms with E-state index in [1.165, 1.54) is 10.7 Å². The molecule has 1 aliphatic rings. The average Bonchev–Trinajstić information content (AvgIpc) is 1.88. The molecule has 2 heteroatoms. The van der Waals surface area contributed by atoms with Crippen LogP contribution in [0.15, 0.2) is 16.8 Å². The number of thioether (sulfide) groups is 1. The lowest BCUT2D eigenvalue weighted by molar-refractivity contribution is 0.896. The van der Waals surface area contributed by atoms with Crippen LogP contribution in [0.1, 0.15) is 20.8 Å². The van der Waals surface area contributed by atoms with Gasteiger partial charge < -0.3 is 0 Å². The minimum absolute atomic E-state index is 0.591. The van der Waals surface area contributed by atoms with Gasteiger partial charge in [-0.05, 0) is 6.92 Å². The molecular weight excluding hydrogens is 142 g/mol. The van der Waals surface area contributed by atoms with E-state index in [2.05, 4.69) is 31.8 Å². The van der Waals surface area contributed by atoms with Crippen molar-refractivity contribution in [2.75, 3.05) is 5.75 Å². The van der Waals surface area contributed by atoms with Crippen LogP contribution in [-0.2, 0) is 0 Å². The molecule has 0 aliphatic carbocycles. The van der Waals surface area contributed by atoms with Crippen LogP contribution in [0.4, 0.5) is 0 Å². The lowest BCUT2D eigenvalue weighted by Gasteiger charge is -2.12. The quantitative estimate of drug-likeness (QED) is 0.567. The lowest BCUT2D eigenvalue weighted by Crippen LogP contribution is -2.06. The van der Waals surface area contributed by atoms with Crippen LogP contribution >= 0.6 is 11.8 Å². The van der Waals surface area contributed by atoms with Crippen molar-refractivity contribution < 1.29 is 0 Å². The summed E-state index contributed by atoms with van der Waals surface area (Å²) < 4.78 is 0. The summed E-state index contributed by atoms with van der Waals surface area (Å²) >= 11 is 1.85. The molecule has 0 N–H and O–H groups in total. The zero-order valence-corrected chi connectivity index (χ0v) is 7.53. The highest BCUT2D eigenvalue weighted by atomic mass is 32.2. The van der Waals surface area contributed by atoms with E-state index >= 15 is 0 Å². The van der Waals surface area contributed by atoms with E-state index in [1.54, 1.807) is 0 Å². The molecular formula is C8H13NS. The standard InChI is InChI=1S/C8H13NS/c1-6(2)8-9-7(3)4-5-10-8/h4,6H,5H2,1-3H3. The topological polar surface area (TPSA) is 12.4 Å². The molecule has 0 aromatic carbocycles. The first-order chi connectivity index (χ1) is 4.70. The van der Waals surface area contributed by atoms with Gasteiger partial charge in [-0.3, -0.25) is 4.99 Å². The Labute approximate surface area is 66.6 Å². The van der Waals surface area contributed by atoms with Gasteiger partial charge in [0.05, 0.1) is 5.04 Å².